The molecule has 2 rings (SSSR count). The maximum atomic E-state index is 12.5. The number of alkyl halides is 3. The Morgan fingerprint density at radius 1 is 1.22 bits per heavy atom. The highest BCUT2D eigenvalue weighted by molar-refractivity contribution is 9.11. The molecule has 1 aromatic heterocycles. The van der Waals surface area contributed by atoms with Gasteiger partial charge in [0.25, 0.3) is 0 Å². The van der Waals surface area contributed by atoms with Crippen molar-refractivity contribution in [2.24, 2.45) is 5.10 Å². The first-order valence-corrected chi connectivity index (χ1v) is 7.84. The molecule has 4 nitrogen and oxygen atoms in total. The van der Waals surface area contributed by atoms with Gasteiger partial charge in [0.1, 0.15) is 5.75 Å². The largest absolute Gasteiger partial charge is 0.506 e. The highest BCUT2D eigenvalue weighted by Crippen LogP contribution is 2.33. The monoisotopic (exact) mass is 471 g/mol. The second-order valence-electron chi connectivity index (χ2n) is 4.26. The number of nitrogens with one attached hydrogen (secondary N) is 1. The van der Waals surface area contributed by atoms with Gasteiger partial charge in [0.15, 0.2) is 5.82 Å². The van der Waals surface area contributed by atoms with E-state index in [1.807, 2.05) is 0 Å². The molecule has 0 atom stereocenters. The number of hydrazone groups is 1. The molecule has 0 radical (unpaired) electrons. The lowest BCUT2D eigenvalue weighted by Crippen LogP contribution is -2.06. The van der Waals surface area contributed by atoms with E-state index in [0.717, 1.165) is 6.07 Å². The minimum Gasteiger partial charge on any atom is -0.506 e. The lowest BCUT2D eigenvalue weighted by molar-refractivity contribution is -0.137. The SMILES string of the molecule is Oc1c(Br)cc(/C=N/Nc2ncc(C(F)(F)F)cc2Cl)cc1Br. The Hall–Kier alpha value is -1.32. The number of aromatic nitrogens is 1. The molecule has 0 bridgehead atoms. The maximum absolute atomic E-state index is 12.5. The van der Waals surface area contributed by atoms with E-state index >= 15 is 0 Å². The molecule has 122 valence electrons. The second-order valence-corrected chi connectivity index (χ2v) is 6.37. The van der Waals surface area contributed by atoms with Crippen LogP contribution in [-0.4, -0.2) is 16.3 Å². The molecule has 0 amide bonds. The molecule has 0 fully saturated rings. The van der Waals surface area contributed by atoms with E-state index in [-0.39, 0.29) is 16.6 Å². The quantitative estimate of drug-likeness (QED) is 0.462. The number of phenols is 1. The summed E-state index contributed by atoms with van der Waals surface area (Å²) in [5, 5.41) is 13.2. The van der Waals surface area contributed by atoms with Crippen molar-refractivity contribution in [1.29, 1.82) is 0 Å². The number of rotatable bonds is 3. The third-order valence-corrected chi connectivity index (χ3v) is 4.09. The van der Waals surface area contributed by atoms with Crippen LogP contribution in [0.15, 0.2) is 38.4 Å². The average molecular weight is 473 g/mol. The number of anilines is 1. The van der Waals surface area contributed by atoms with Crippen LogP contribution in [0.4, 0.5) is 19.0 Å². The van der Waals surface area contributed by atoms with Crippen molar-refractivity contribution in [1.82, 2.24) is 4.98 Å². The first kappa shape index (κ1) is 18.0. The topological polar surface area (TPSA) is 57.5 Å². The molecule has 0 spiro atoms. The third-order valence-electron chi connectivity index (χ3n) is 2.59. The van der Waals surface area contributed by atoms with E-state index in [4.69, 9.17) is 11.6 Å². The first-order valence-electron chi connectivity index (χ1n) is 5.88. The molecule has 1 aromatic carbocycles. The number of halogens is 6. The number of hydrogen-bond acceptors (Lipinski definition) is 4. The van der Waals surface area contributed by atoms with Crippen LogP contribution in [0.5, 0.6) is 5.75 Å². The predicted molar refractivity (Wildman–Crippen MR) is 89.0 cm³/mol. The zero-order valence-electron chi connectivity index (χ0n) is 11.0. The molecule has 10 heteroatoms. The second kappa shape index (κ2) is 7.06. The summed E-state index contributed by atoms with van der Waals surface area (Å²) in [5.74, 6) is 0.0374. The highest BCUT2D eigenvalue weighted by Gasteiger charge is 2.31. The number of aromatic hydroxyl groups is 1. The van der Waals surface area contributed by atoms with Crippen molar-refractivity contribution in [3.8, 4) is 5.75 Å². The minimum absolute atomic E-state index is 0.00664. The fourth-order valence-electron chi connectivity index (χ4n) is 1.50. The number of phenolic OH excluding ortho intramolecular Hbond substituents is 1. The zero-order chi connectivity index (χ0) is 17.2. The van der Waals surface area contributed by atoms with Crippen LogP contribution in [0.3, 0.4) is 0 Å². The summed E-state index contributed by atoms with van der Waals surface area (Å²) in [7, 11) is 0. The molecular weight excluding hydrogens is 466 g/mol. The summed E-state index contributed by atoms with van der Waals surface area (Å²) in [5.41, 5.74) is 2.14. The molecule has 1 heterocycles. The summed E-state index contributed by atoms with van der Waals surface area (Å²) in [4.78, 5) is 3.59. The summed E-state index contributed by atoms with van der Waals surface area (Å²) in [6.07, 6.45) is -2.45. The van der Waals surface area contributed by atoms with Crippen molar-refractivity contribution in [2.45, 2.75) is 6.18 Å². The average Bonchev–Trinajstić information content (AvgIpc) is 2.45. The Kier molecular flexibility index (Phi) is 5.53. The van der Waals surface area contributed by atoms with Crippen LogP contribution >= 0.6 is 43.5 Å². The molecular formula is C13H7Br2ClF3N3O. The Balaban J connectivity index is 2.15. The Labute approximate surface area is 150 Å². The summed E-state index contributed by atoms with van der Waals surface area (Å²) in [6.45, 7) is 0. The van der Waals surface area contributed by atoms with E-state index in [0.29, 0.717) is 20.7 Å². The van der Waals surface area contributed by atoms with Gasteiger partial charge in [-0.1, -0.05) is 11.6 Å². The minimum atomic E-state index is -4.51. The van der Waals surface area contributed by atoms with Crippen molar-refractivity contribution < 1.29 is 18.3 Å². The molecule has 0 aliphatic rings. The lowest BCUT2D eigenvalue weighted by Gasteiger charge is -2.08. The highest BCUT2D eigenvalue weighted by atomic mass is 79.9. The first-order chi connectivity index (χ1) is 10.7. The summed E-state index contributed by atoms with van der Waals surface area (Å²) in [6, 6.07) is 3.97. The number of pyridine rings is 1. The summed E-state index contributed by atoms with van der Waals surface area (Å²) >= 11 is 12.1. The normalized spacial score (nSPS) is 11.9. The van der Waals surface area contributed by atoms with Crippen LogP contribution in [0.1, 0.15) is 11.1 Å². The molecule has 0 unspecified atom stereocenters. The fourth-order valence-corrected chi connectivity index (χ4v) is 2.93. The van der Waals surface area contributed by atoms with Crippen LogP contribution < -0.4 is 5.43 Å². The third kappa shape index (κ3) is 4.58. The van der Waals surface area contributed by atoms with Crippen molar-refractivity contribution in [2.75, 3.05) is 5.43 Å². The molecule has 23 heavy (non-hydrogen) atoms. The predicted octanol–water partition coefficient (Wildman–Crippen LogP) is 5.43. The molecule has 2 N–H and O–H groups in total. The number of nitrogens with zero attached hydrogens (tertiary/aromatic N) is 2. The Bertz CT molecular complexity index is 746. The van der Waals surface area contributed by atoms with Gasteiger partial charge in [0.2, 0.25) is 0 Å². The number of hydrogen-bond donors (Lipinski definition) is 2. The van der Waals surface area contributed by atoms with Gasteiger partial charge in [-0.15, -0.1) is 0 Å². The van der Waals surface area contributed by atoms with Gasteiger partial charge in [-0.2, -0.15) is 18.3 Å². The smallest absolute Gasteiger partial charge is 0.417 e. The van der Waals surface area contributed by atoms with E-state index in [1.54, 1.807) is 12.1 Å². The summed E-state index contributed by atoms with van der Waals surface area (Å²) < 4.78 is 38.4. The van der Waals surface area contributed by atoms with Gasteiger partial charge in [-0.05, 0) is 55.6 Å². The van der Waals surface area contributed by atoms with Gasteiger partial charge >= 0.3 is 6.18 Å². The molecule has 0 saturated heterocycles. The Morgan fingerprint density at radius 3 is 2.35 bits per heavy atom. The lowest BCUT2D eigenvalue weighted by atomic mass is 10.2. The van der Waals surface area contributed by atoms with Gasteiger partial charge in [-0.3, -0.25) is 5.43 Å². The van der Waals surface area contributed by atoms with Gasteiger partial charge < -0.3 is 5.11 Å². The number of benzene rings is 1. The van der Waals surface area contributed by atoms with Gasteiger partial charge in [-0.25, -0.2) is 4.98 Å². The zero-order valence-corrected chi connectivity index (χ0v) is 14.9. The standard InChI is InChI=1S/C13H7Br2ClF3N3O/c14-8-1-6(2-9(15)11(8)23)4-21-22-12-10(16)3-7(5-20-12)13(17,18)19/h1-5,23H,(H,20,22)/b21-4+. The molecule has 0 aliphatic heterocycles. The van der Waals surface area contributed by atoms with Crippen molar-refractivity contribution in [3.05, 3.63) is 49.5 Å². The van der Waals surface area contributed by atoms with Gasteiger partial charge in [0.05, 0.1) is 25.7 Å². The molecule has 0 aliphatic carbocycles. The van der Waals surface area contributed by atoms with Crippen molar-refractivity contribution in [3.63, 3.8) is 0 Å². The fraction of sp³-hybridized carbons (Fsp3) is 0.0769. The molecule has 0 saturated carbocycles. The van der Waals surface area contributed by atoms with Crippen molar-refractivity contribution >= 4 is 55.5 Å². The van der Waals surface area contributed by atoms with E-state index < -0.39 is 11.7 Å². The van der Waals surface area contributed by atoms with Crippen LogP contribution in [0.2, 0.25) is 5.02 Å². The maximum Gasteiger partial charge on any atom is 0.417 e. The van der Waals surface area contributed by atoms with Crippen LogP contribution in [0, 0.1) is 0 Å². The van der Waals surface area contributed by atoms with Gasteiger partial charge in [0, 0.05) is 6.20 Å². The Morgan fingerprint density at radius 2 is 1.83 bits per heavy atom. The van der Waals surface area contributed by atoms with E-state index in [2.05, 4.69) is 47.4 Å². The van der Waals surface area contributed by atoms with E-state index in [1.165, 1.54) is 6.21 Å². The van der Waals surface area contributed by atoms with Crippen LogP contribution in [0.25, 0.3) is 0 Å². The molecule has 2 aromatic rings. The van der Waals surface area contributed by atoms with Crippen LogP contribution in [-0.2, 0) is 6.18 Å². The van der Waals surface area contributed by atoms with E-state index in [9.17, 15) is 18.3 Å².